The van der Waals surface area contributed by atoms with Crippen LogP contribution in [-0.2, 0) is 25.6 Å². The van der Waals surface area contributed by atoms with E-state index in [0.29, 0.717) is 19.8 Å². The normalized spacial score (nSPS) is 24.9. The van der Waals surface area contributed by atoms with Gasteiger partial charge in [0.2, 0.25) is 0 Å². The van der Waals surface area contributed by atoms with E-state index in [-0.39, 0.29) is 12.1 Å². The second-order valence-electron chi connectivity index (χ2n) is 8.79. The molecule has 1 aromatic carbocycles. The second-order valence-corrected chi connectivity index (χ2v) is 8.79. The first-order valence-electron chi connectivity index (χ1n) is 9.96. The highest BCUT2D eigenvalue weighted by molar-refractivity contribution is 5.70. The molecule has 1 aromatic rings. The van der Waals surface area contributed by atoms with Crippen LogP contribution in [0, 0.1) is 0 Å². The topological polar surface area (TPSA) is 60.5 Å². The van der Waals surface area contributed by atoms with Gasteiger partial charge in [-0.05, 0) is 46.3 Å². The van der Waals surface area contributed by atoms with Gasteiger partial charge in [-0.25, -0.2) is 4.79 Å². The third-order valence-corrected chi connectivity index (χ3v) is 5.02. The lowest BCUT2D eigenvalue weighted by Crippen LogP contribution is -2.58. The Morgan fingerprint density at radius 2 is 1.93 bits per heavy atom. The van der Waals surface area contributed by atoms with Crippen molar-refractivity contribution in [1.82, 2.24) is 9.96 Å². The summed E-state index contributed by atoms with van der Waals surface area (Å²) in [6.45, 7) is 10.6. The zero-order valence-corrected chi connectivity index (χ0v) is 18.2. The van der Waals surface area contributed by atoms with Gasteiger partial charge in [-0.15, -0.1) is 0 Å². The predicted molar refractivity (Wildman–Crippen MR) is 109 cm³/mol. The van der Waals surface area contributed by atoms with Crippen LogP contribution in [0.5, 0.6) is 0 Å². The number of ether oxygens (including phenoxy) is 3. The van der Waals surface area contributed by atoms with Gasteiger partial charge in [0.1, 0.15) is 23.1 Å². The minimum atomic E-state index is -0.804. The van der Waals surface area contributed by atoms with E-state index in [1.54, 1.807) is 12.0 Å². The van der Waals surface area contributed by atoms with E-state index in [4.69, 9.17) is 19.0 Å². The van der Waals surface area contributed by atoms with Crippen LogP contribution < -0.4 is 0 Å². The molecular formula is C22H32N2O5. The fraction of sp³-hybridized carbons (Fsp3) is 0.591. The van der Waals surface area contributed by atoms with E-state index in [2.05, 4.69) is 0 Å². The minimum Gasteiger partial charge on any atom is -0.499 e. The van der Waals surface area contributed by atoms with Crippen molar-refractivity contribution in [2.75, 3.05) is 20.3 Å². The minimum absolute atomic E-state index is 0.316. The third-order valence-electron chi connectivity index (χ3n) is 5.02. The number of amides is 1. The van der Waals surface area contributed by atoms with E-state index in [1.165, 1.54) is 0 Å². The molecule has 2 atom stereocenters. The van der Waals surface area contributed by atoms with E-state index in [9.17, 15) is 4.79 Å². The molecule has 0 saturated carbocycles. The van der Waals surface area contributed by atoms with Gasteiger partial charge < -0.3 is 14.2 Å². The predicted octanol–water partition coefficient (Wildman–Crippen LogP) is 3.70. The lowest BCUT2D eigenvalue weighted by molar-refractivity contribution is -0.204. The summed E-state index contributed by atoms with van der Waals surface area (Å²) in [5.41, 5.74) is -0.300. The quantitative estimate of drug-likeness (QED) is 0.763. The van der Waals surface area contributed by atoms with Gasteiger partial charge in [-0.2, -0.15) is 5.06 Å². The monoisotopic (exact) mass is 404 g/mol. The van der Waals surface area contributed by atoms with Gasteiger partial charge in [0.15, 0.2) is 0 Å². The molecule has 0 N–H and O–H groups in total. The van der Waals surface area contributed by atoms with Gasteiger partial charge >= 0.3 is 6.09 Å². The van der Waals surface area contributed by atoms with Gasteiger partial charge in [0, 0.05) is 0 Å². The standard InChI is InChI=1S/C22H32N2O5/c1-21(2,3)29-20(25)24-17(15-27-22(24,4)5)19-18(26-6)12-13-28-23(19)14-16-10-8-7-9-11-16/h7-12,17,19H,13-15H2,1-6H3/t17-,19-/m0/s1. The summed E-state index contributed by atoms with van der Waals surface area (Å²) in [4.78, 5) is 20.7. The van der Waals surface area contributed by atoms with E-state index in [0.717, 1.165) is 11.3 Å². The Kier molecular flexibility index (Phi) is 6.22. The lowest BCUT2D eigenvalue weighted by Gasteiger charge is -2.42. The van der Waals surface area contributed by atoms with Gasteiger partial charge in [-0.3, -0.25) is 9.74 Å². The van der Waals surface area contributed by atoms with Crippen molar-refractivity contribution in [3.8, 4) is 0 Å². The van der Waals surface area contributed by atoms with Gasteiger partial charge in [0.05, 0.1) is 32.9 Å². The molecule has 0 aliphatic carbocycles. The summed E-state index contributed by atoms with van der Waals surface area (Å²) in [6, 6.07) is 9.43. The van der Waals surface area contributed by atoms with Crippen LogP contribution in [-0.4, -0.2) is 59.8 Å². The Hall–Kier alpha value is -2.09. The molecule has 29 heavy (non-hydrogen) atoms. The van der Waals surface area contributed by atoms with E-state index in [1.807, 2.05) is 76.1 Å². The summed E-state index contributed by atoms with van der Waals surface area (Å²) >= 11 is 0. The molecule has 2 heterocycles. The average Bonchev–Trinajstić information content (AvgIpc) is 2.96. The number of carbonyl (C=O) groups excluding carboxylic acids is 1. The van der Waals surface area contributed by atoms with Crippen molar-refractivity contribution in [1.29, 1.82) is 0 Å². The molecule has 160 valence electrons. The zero-order valence-electron chi connectivity index (χ0n) is 18.2. The summed E-state index contributed by atoms with van der Waals surface area (Å²) in [5.74, 6) is 0.757. The molecule has 1 amide bonds. The first-order valence-corrected chi connectivity index (χ1v) is 9.96. The van der Waals surface area contributed by atoms with Crippen LogP contribution in [0.1, 0.15) is 40.2 Å². The maximum Gasteiger partial charge on any atom is 0.412 e. The molecule has 7 nitrogen and oxygen atoms in total. The Balaban J connectivity index is 1.92. The highest BCUT2D eigenvalue weighted by Crippen LogP contribution is 2.36. The molecule has 0 radical (unpaired) electrons. The number of benzene rings is 1. The first kappa shape index (κ1) is 21.6. The molecular weight excluding hydrogens is 372 g/mol. The summed E-state index contributed by atoms with van der Waals surface area (Å²) < 4.78 is 17.4. The molecule has 2 aliphatic heterocycles. The molecule has 2 aliphatic rings. The largest absolute Gasteiger partial charge is 0.499 e. The fourth-order valence-electron chi connectivity index (χ4n) is 3.78. The van der Waals surface area contributed by atoms with Crippen LogP contribution in [0.25, 0.3) is 0 Å². The van der Waals surface area contributed by atoms with Crippen LogP contribution in [0.3, 0.4) is 0 Å². The highest BCUT2D eigenvalue weighted by Gasteiger charge is 2.52. The molecule has 0 spiro atoms. The maximum absolute atomic E-state index is 13.1. The van der Waals surface area contributed by atoms with Crippen molar-refractivity contribution >= 4 is 6.09 Å². The number of hydrogen-bond donors (Lipinski definition) is 0. The maximum atomic E-state index is 13.1. The zero-order chi connectivity index (χ0) is 21.2. The molecule has 0 unspecified atom stereocenters. The van der Waals surface area contributed by atoms with Crippen molar-refractivity contribution in [3.63, 3.8) is 0 Å². The average molecular weight is 405 g/mol. The summed E-state index contributed by atoms with van der Waals surface area (Å²) in [6.07, 6.45) is 1.50. The number of nitrogens with zero attached hydrogens (tertiary/aromatic N) is 2. The van der Waals surface area contributed by atoms with E-state index < -0.39 is 17.4 Å². The first-order chi connectivity index (χ1) is 13.6. The van der Waals surface area contributed by atoms with Gasteiger partial charge in [0.25, 0.3) is 0 Å². The van der Waals surface area contributed by atoms with Crippen molar-refractivity contribution in [2.45, 2.75) is 64.6 Å². The number of methoxy groups -OCH3 is 1. The molecule has 7 heteroatoms. The van der Waals surface area contributed by atoms with Crippen molar-refractivity contribution < 1.29 is 23.8 Å². The molecule has 1 saturated heterocycles. The summed E-state index contributed by atoms with van der Waals surface area (Å²) in [7, 11) is 1.64. The third kappa shape index (κ3) is 4.91. The van der Waals surface area contributed by atoms with Crippen LogP contribution in [0.2, 0.25) is 0 Å². The highest BCUT2D eigenvalue weighted by atomic mass is 16.7. The Labute approximate surface area is 173 Å². The number of hydroxylamine groups is 2. The number of carbonyl (C=O) groups is 1. The fourth-order valence-corrected chi connectivity index (χ4v) is 3.78. The molecule has 3 rings (SSSR count). The van der Waals surface area contributed by atoms with Crippen molar-refractivity contribution in [2.24, 2.45) is 0 Å². The van der Waals surface area contributed by atoms with Crippen LogP contribution in [0.4, 0.5) is 4.79 Å². The summed E-state index contributed by atoms with van der Waals surface area (Å²) in [5, 5.41) is 1.88. The Morgan fingerprint density at radius 3 is 2.55 bits per heavy atom. The molecule has 0 bridgehead atoms. The Morgan fingerprint density at radius 1 is 1.24 bits per heavy atom. The number of hydrogen-bond acceptors (Lipinski definition) is 6. The lowest BCUT2D eigenvalue weighted by atomic mass is 10.0. The van der Waals surface area contributed by atoms with E-state index >= 15 is 0 Å². The van der Waals surface area contributed by atoms with Crippen LogP contribution >= 0.6 is 0 Å². The Bertz CT molecular complexity index is 741. The smallest absolute Gasteiger partial charge is 0.412 e. The second kappa shape index (κ2) is 8.34. The molecule has 0 aromatic heterocycles. The SMILES string of the molecule is COC1=CCON(Cc2ccccc2)[C@H]1[C@@H]1COC(C)(C)N1C(=O)OC(C)(C)C. The van der Waals surface area contributed by atoms with Crippen LogP contribution in [0.15, 0.2) is 42.2 Å². The van der Waals surface area contributed by atoms with Crippen molar-refractivity contribution in [3.05, 3.63) is 47.7 Å². The molecule has 1 fully saturated rings. The van der Waals surface area contributed by atoms with Gasteiger partial charge in [-0.1, -0.05) is 30.3 Å². The number of rotatable bonds is 4.